The van der Waals surface area contributed by atoms with Crippen LogP contribution in [0.1, 0.15) is 140 Å². The number of hydrogen-bond donors (Lipinski definition) is 5. The fourth-order valence-corrected chi connectivity index (χ4v) is 11.1. The van der Waals surface area contributed by atoms with E-state index in [1.807, 2.05) is 13.8 Å². The van der Waals surface area contributed by atoms with Crippen molar-refractivity contribution in [2.45, 2.75) is 158 Å². The Labute approximate surface area is 372 Å². The van der Waals surface area contributed by atoms with Gasteiger partial charge >= 0.3 is 30.3 Å². The fourth-order valence-electron chi connectivity index (χ4n) is 11.1. The Morgan fingerprint density at radius 1 is 0.603 bits per heavy atom. The van der Waals surface area contributed by atoms with Gasteiger partial charge in [-0.2, -0.15) is 0 Å². The number of aliphatic imine (C=N–C) groups is 2. The van der Waals surface area contributed by atoms with Crippen LogP contribution in [0.4, 0.5) is 19.2 Å². The first-order valence-electron chi connectivity index (χ1n) is 22.1. The summed E-state index contributed by atoms with van der Waals surface area (Å²) < 4.78 is 21.5. The van der Waals surface area contributed by atoms with E-state index in [1.54, 1.807) is 12.2 Å². The van der Waals surface area contributed by atoms with E-state index in [-0.39, 0.29) is 71.5 Å². The number of carboxylic acids is 1. The maximum absolute atomic E-state index is 12.9. The standard InChI is InChI=1S/C45H74N6O12/c1-39(2)15-31(49-30-53)18-43(8,22-39)25-47-35(56)60-13-11-12-14-61-37(58)50-33-17-41(5,6)23-44(9,20-33)26-48-36(57)62-27-45(10,34(54)55)28-63-38(59)51-32-16-40(3,4)21-42(7,19-32)24-46-29-52/h31-33H,11-28H2,1-10H3,(H,47,56)(H,48,57)(H,50,58)(H,51,59)(H,54,55)/t31?,32?,33?,42-,43+,44+,45-/m0/s1. The summed E-state index contributed by atoms with van der Waals surface area (Å²) in [5.41, 5.74) is -3.12. The smallest absolute Gasteiger partial charge is 0.407 e. The molecule has 0 radical (unpaired) electrons. The number of ether oxygens (including phenoxy) is 4. The molecule has 0 aliphatic heterocycles. The van der Waals surface area contributed by atoms with E-state index in [0.717, 1.165) is 25.7 Å². The largest absolute Gasteiger partial charge is 0.481 e. The van der Waals surface area contributed by atoms with Gasteiger partial charge in [-0.25, -0.2) is 38.8 Å². The summed E-state index contributed by atoms with van der Waals surface area (Å²) in [6.45, 7) is 20.0. The van der Waals surface area contributed by atoms with Crippen LogP contribution in [0, 0.1) is 37.9 Å². The molecule has 3 aliphatic rings. The number of carboxylic acid groups (broad SMARTS) is 1. The van der Waals surface area contributed by atoms with Crippen molar-refractivity contribution in [3.8, 4) is 0 Å². The van der Waals surface area contributed by atoms with Crippen LogP contribution >= 0.6 is 0 Å². The van der Waals surface area contributed by atoms with Crippen LogP contribution < -0.4 is 21.3 Å². The highest BCUT2D eigenvalue weighted by atomic mass is 16.6. The molecule has 0 aromatic carbocycles. The zero-order chi connectivity index (χ0) is 47.3. The second-order valence-corrected chi connectivity index (χ2v) is 22.3. The third-order valence-corrected chi connectivity index (χ3v) is 12.6. The molecule has 0 saturated heterocycles. The second kappa shape index (κ2) is 21.8. The molecule has 0 aromatic heterocycles. The molecule has 3 fully saturated rings. The van der Waals surface area contributed by atoms with Gasteiger partial charge in [-0.15, -0.1) is 0 Å². The third kappa shape index (κ3) is 18.1. The molecule has 18 nitrogen and oxygen atoms in total. The van der Waals surface area contributed by atoms with Crippen LogP contribution in [0.3, 0.4) is 0 Å². The molecule has 3 saturated carbocycles. The molecule has 4 amide bonds. The van der Waals surface area contributed by atoms with Crippen LogP contribution in [-0.2, 0) is 33.3 Å². The van der Waals surface area contributed by atoms with Gasteiger partial charge in [0.05, 0.1) is 25.8 Å². The average molecular weight is 891 g/mol. The van der Waals surface area contributed by atoms with Crippen molar-refractivity contribution in [1.29, 1.82) is 0 Å². The van der Waals surface area contributed by atoms with Gasteiger partial charge in [-0.1, -0.05) is 62.3 Å². The maximum atomic E-state index is 12.9. The molecule has 0 bridgehead atoms. The minimum atomic E-state index is -1.73. The van der Waals surface area contributed by atoms with Crippen molar-refractivity contribution in [1.82, 2.24) is 21.3 Å². The molecule has 3 unspecified atom stereocenters. The second-order valence-electron chi connectivity index (χ2n) is 22.3. The van der Waals surface area contributed by atoms with Crippen LogP contribution in [0.2, 0.25) is 0 Å². The topological polar surface area (TPSA) is 249 Å². The molecule has 3 rings (SSSR count). The first-order valence-corrected chi connectivity index (χ1v) is 22.1. The van der Waals surface area contributed by atoms with Crippen LogP contribution in [0.5, 0.6) is 0 Å². The number of rotatable bonds is 19. The number of alkyl carbamates (subject to hydrolysis) is 4. The number of amides is 4. The van der Waals surface area contributed by atoms with E-state index in [9.17, 15) is 38.7 Å². The summed E-state index contributed by atoms with van der Waals surface area (Å²) in [6.07, 6.45) is 7.80. The highest BCUT2D eigenvalue weighted by Crippen LogP contribution is 2.48. The lowest BCUT2D eigenvalue weighted by Crippen LogP contribution is -2.51. The number of carbonyl (C=O) groups is 5. The van der Waals surface area contributed by atoms with Gasteiger partial charge in [0.25, 0.3) is 0 Å². The van der Waals surface area contributed by atoms with Crippen molar-refractivity contribution in [2.24, 2.45) is 47.9 Å². The van der Waals surface area contributed by atoms with Gasteiger partial charge < -0.3 is 45.3 Å². The molecule has 0 aromatic rings. The summed E-state index contributed by atoms with van der Waals surface area (Å²) in [5, 5.41) is 21.4. The molecular formula is C45H74N6O12. The van der Waals surface area contributed by atoms with Gasteiger partial charge in [-0.05, 0) is 110 Å². The molecular weight excluding hydrogens is 817 g/mol. The Morgan fingerprint density at radius 2 is 1.03 bits per heavy atom. The Bertz CT molecular complexity index is 1730. The van der Waals surface area contributed by atoms with Crippen molar-refractivity contribution in [2.75, 3.05) is 46.1 Å². The third-order valence-electron chi connectivity index (χ3n) is 12.6. The Balaban J connectivity index is 1.38. The van der Waals surface area contributed by atoms with Gasteiger partial charge in [0.2, 0.25) is 12.2 Å². The van der Waals surface area contributed by atoms with Crippen molar-refractivity contribution < 1.29 is 57.6 Å². The van der Waals surface area contributed by atoms with E-state index < -0.39 is 54.4 Å². The van der Waals surface area contributed by atoms with Gasteiger partial charge in [0, 0.05) is 25.2 Å². The molecule has 356 valence electrons. The predicted molar refractivity (Wildman–Crippen MR) is 232 cm³/mol. The number of carbonyl (C=O) groups excluding carboxylic acids is 6. The normalized spacial score (nSPS) is 29.1. The molecule has 63 heavy (non-hydrogen) atoms. The highest BCUT2D eigenvalue weighted by molar-refractivity contribution is 5.76. The molecule has 0 spiro atoms. The minimum Gasteiger partial charge on any atom is -0.481 e. The quantitative estimate of drug-likeness (QED) is 0.0374. The van der Waals surface area contributed by atoms with E-state index in [2.05, 4.69) is 79.7 Å². The fraction of sp³-hybridized carbons (Fsp3) is 0.844. The zero-order valence-electron chi connectivity index (χ0n) is 39.3. The van der Waals surface area contributed by atoms with Crippen molar-refractivity contribution in [3.05, 3.63) is 0 Å². The van der Waals surface area contributed by atoms with Crippen molar-refractivity contribution >= 4 is 42.5 Å². The summed E-state index contributed by atoms with van der Waals surface area (Å²) >= 11 is 0. The summed E-state index contributed by atoms with van der Waals surface area (Å²) in [5.74, 6) is -1.31. The van der Waals surface area contributed by atoms with Gasteiger partial charge in [0.1, 0.15) is 18.6 Å². The number of nitrogens with one attached hydrogen (secondary N) is 4. The monoisotopic (exact) mass is 891 g/mol. The highest BCUT2D eigenvalue weighted by Gasteiger charge is 2.45. The lowest BCUT2D eigenvalue weighted by molar-refractivity contribution is -0.153. The summed E-state index contributed by atoms with van der Waals surface area (Å²) in [4.78, 5) is 92.5. The number of isocyanates is 2. The lowest BCUT2D eigenvalue weighted by Gasteiger charge is -2.46. The van der Waals surface area contributed by atoms with Crippen LogP contribution in [0.25, 0.3) is 0 Å². The molecule has 5 N–H and O–H groups in total. The number of unbranched alkanes of at least 4 members (excludes halogenated alkanes) is 1. The number of aliphatic carboxylic acids is 1. The number of hydrogen-bond acceptors (Lipinski definition) is 13. The maximum Gasteiger partial charge on any atom is 0.407 e. The summed E-state index contributed by atoms with van der Waals surface area (Å²) in [6, 6.07) is -0.654. The SMILES string of the molecule is CC1(C)CC(NC(=O)OC[C@](C)(COC(=O)NC[C@]2(C)CC(NC(=O)OCCCCOC(=O)NC[C@]3(C)CC(N=C=O)CC(C)(C)C3)CC(C)(C)C2)C(=O)O)C[C@](C)(CN=C=O)C1. The molecule has 7 atom stereocenters. The lowest BCUT2D eigenvalue weighted by atomic mass is 9.62. The van der Waals surface area contributed by atoms with Gasteiger partial charge in [0.15, 0.2) is 0 Å². The Kier molecular flexibility index (Phi) is 18.2. The molecule has 0 heterocycles. The zero-order valence-corrected chi connectivity index (χ0v) is 39.3. The van der Waals surface area contributed by atoms with Crippen molar-refractivity contribution in [3.63, 3.8) is 0 Å². The van der Waals surface area contributed by atoms with Crippen LogP contribution in [0.15, 0.2) is 9.98 Å². The van der Waals surface area contributed by atoms with E-state index in [1.165, 1.54) is 6.92 Å². The number of nitrogens with zero attached hydrogens (tertiary/aromatic N) is 2. The summed E-state index contributed by atoms with van der Waals surface area (Å²) in [7, 11) is 0. The Morgan fingerprint density at radius 3 is 1.54 bits per heavy atom. The van der Waals surface area contributed by atoms with Gasteiger partial charge in [-0.3, -0.25) is 4.79 Å². The minimum absolute atomic E-state index is 0.0251. The Hall–Kier alpha value is -4.69. The molecule has 18 heteroatoms. The predicted octanol–water partition coefficient (Wildman–Crippen LogP) is 7.19. The first kappa shape index (κ1) is 52.7. The average Bonchev–Trinajstić information content (AvgIpc) is 3.13. The first-order chi connectivity index (χ1) is 29.1. The van der Waals surface area contributed by atoms with E-state index in [4.69, 9.17) is 18.9 Å². The van der Waals surface area contributed by atoms with E-state index >= 15 is 0 Å². The van der Waals surface area contributed by atoms with Crippen LogP contribution in [-0.4, -0.2) is 112 Å². The molecule has 3 aliphatic carbocycles. The van der Waals surface area contributed by atoms with E-state index in [0.29, 0.717) is 51.5 Å².